The van der Waals surface area contributed by atoms with E-state index in [1.165, 1.54) is 18.4 Å². The molecule has 1 aliphatic rings. The number of hydrogen-bond donors (Lipinski definition) is 1. The Morgan fingerprint density at radius 3 is 3.00 bits per heavy atom. The Bertz CT molecular complexity index is 277. The molecule has 0 saturated heterocycles. The zero-order valence-corrected chi connectivity index (χ0v) is 8.46. The Hall–Kier alpha value is -0.760. The zero-order valence-electron chi connectivity index (χ0n) is 8.46. The van der Waals surface area contributed by atoms with Crippen LogP contribution in [0, 0.1) is 5.92 Å². The summed E-state index contributed by atoms with van der Waals surface area (Å²) in [7, 11) is 2.06. The maximum Gasteiger partial charge on any atom is 0.0223 e. The molecule has 2 unspecified atom stereocenters. The Morgan fingerprint density at radius 1 is 1.62 bits per heavy atom. The van der Waals surface area contributed by atoms with Gasteiger partial charge in [0, 0.05) is 32.0 Å². The van der Waals surface area contributed by atoms with Crippen molar-refractivity contribution in [2.24, 2.45) is 13.0 Å². The van der Waals surface area contributed by atoms with Gasteiger partial charge in [-0.25, -0.2) is 0 Å². The summed E-state index contributed by atoms with van der Waals surface area (Å²) >= 11 is 0. The van der Waals surface area contributed by atoms with E-state index in [4.69, 9.17) is 0 Å². The molecule has 72 valence electrons. The quantitative estimate of drug-likeness (QED) is 0.745. The molecular weight excluding hydrogens is 160 g/mol. The fourth-order valence-electron chi connectivity index (χ4n) is 1.86. The van der Waals surface area contributed by atoms with E-state index >= 15 is 0 Å². The molecule has 2 heteroatoms. The second-order valence-electron chi connectivity index (χ2n) is 4.08. The van der Waals surface area contributed by atoms with Gasteiger partial charge in [0.15, 0.2) is 0 Å². The third kappa shape index (κ3) is 2.13. The maximum absolute atomic E-state index is 3.57. The number of aromatic nitrogens is 1. The first-order valence-electron chi connectivity index (χ1n) is 5.14. The third-order valence-electron chi connectivity index (χ3n) is 2.91. The van der Waals surface area contributed by atoms with Crippen LogP contribution in [0.25, 0.3) is 0 Å². The summed E-state index contributed by atoms with van der Waals surface area (Å²) < 4.78 is 2.10. The maximum atomic E-state index is 3.57. The standard InChI is InChI=1S/C11H18N2/c1-3-10-6-11(10)12-7-9-4-5-13(2)8-9/h4-5,8,10-12H,3,6-7H2,1-2H3. The predicted molar refractivity (Wildman–Crippen MR) is 54.4 cm³/mol. The van der Waals surface area contributed by atoms with Crippen LogP contribution in [0.3, 0.4) is 0 Å². The number of hydrogen-bond acceptors (Lipinski definition) is 1. The van der Waals surface area contributed by atoms with Crippen LogP contribution in [-0.2, 0) is 13.6 Å². The van der Waals surface area contributed by atoms with E-state index in [1.54, 1.807) is 0 Å². The van der Waals surface area contributed by atoms with E-state index in [-0.39, 0.29) is 0 Å². The molecule has 1 aromatic rings. The lowest BCUT2D eigenvalue weighted by atomic mass is 10.3. The second-order valence-corrected chi connectivity index (χ2v) is 4.08. The van der Waals surface area contributed by atoms with Crippen LogP contribution in [0.1, 0.15) is 25.3 Å². The highest BCUT2D eigenvalue weighted by atomic mass is 15.0. The fourth-order valence-corrected chi connectivity index (χ4v) is 1.86. The van der Waals surface area contributed by atoms with E-state index in [0.717, 1.165) is 18.5 Å². The summed E-state index contributed by atoms with van der Waals surface area (Å²) in [6, 6.07) is 2.97. The molecule has 2 rings (SSSR count). The second kappa shape index (κ2) is 3.54. The molecule has 0 aliphatic heterocycles. The average Bonchev–Trinajstić information content (AvgIpc) is 2.78. The van der Waals surface area contributed by atoms with Gasteiger partial charge in [0.2, 0.25) is 0 Å². The van der Waals surface area contributed by atoms with Crippen LogP contribution in [0.2, 0.25) is 0 Å². The van der Waals surface area contributed by atoms with Crippen LogP contribution >= 0.6 is 0 Å². The molecule has 0 amide bonds. The largest absolute Gasteiger partial charge is 0.357 e. The van der Waals surface area contributed by atoms with Crippen LogP contribution in [0.5, 0.6) is 0 Å². The van der Waals surface area contributed by atoms with Crippen LogP contribution in [-0.4, -0.2) is 10.6 Å². The van der Waals surface area contributed by atoms with Crippen LogP contribution < -0.4 is 5.32 Å². The molecule has 1 aromatic heterocycles. The fraction of sp³-hybridized carbons (Fsp3) is 0.636. The van der Waals surface area contributed by atoms with E-state index in [1.807, 2.05) is 0 Å². The van der Waals surface area contributed by atoms with Crippen molar-refractivity contribution in [3.05, 3.63) is 24.0 Å². The molecular formula is C11H18N2. The van der Waals surface area contributed by atoms with Gasteiger partial charge in [-0.15, -0.1) is 0 Å². The van der Waals surface area contributed by atoms with Gasteiger partial charge in [0.1, 0.15) is 0 Å². The molecule has 0 radical (unpaired) electrons. The van der Waals surface area contributed by atoms with Gasteiger partial charge in [-0.3, -0.25) is 0 Å². The van der Waals surface area contributed by atoms with Gasteiger partial charge < -0.3 is 9.88 Å². The number of rotatable bonds is 4. The molecule has 1 N–H and O–H groups in total. The molecule has 13 heavy (non-hydrogen) atoms. The van der Waals surface area contributed by atoms with E-state index in [2.05, 4.69) is 42.3 Å². The topological polar surface area (TPSA) is 17.0 Å². The smallest absolute Gasteiger partial charge is 0.0223 e. The van der Waals surface area contributed by atoms with Gasteiger partial charge in [-0.05, 0) is 24.0 Å². The highest BCUT2D eigenvalue weighted by Gasteiger charge is 2.34. The Balaban J connectivity index is 1.75. The summed E-state index contributed by atoms with van der Waals surface area (Å²) in [5.41, 5.74) is 1.39. The van der Waals surface area contributed by atoms with Crippen molar-refractivity contribution in [3.8, 4) is 0 Å². The molecule has 1 saturated carbocycles. The van der Waals surface area contributed by atoms with Gasteiger partial charge in [0.25, 0.3) is 0 Å². The number of aryl methyl sites for hydroxylation is 1. The first-order valence-corrected chi connectivity index (χ1v) is 5.14. The molecule has 1 fully saturated rings. The minimum Gasteiger partial charge on any atom is -0.357 e. The summed E-state index contributed by atoms with van der Waals surface area (Å²) in [5, 5.41) is 3.57. The molecule has 2 nitrogen and oxygen atoms in total. The summed E-state index contributed by atoms with van der Waals surface area (Å²) in [5.74, 6) is 0.948. The van der Waals surface area contributed by atoms with Crippen LogP contribution in [0.15, 0.2) is 18.5 Å². The third-order valence-corrected chi connectivity index (χ3v) is 2.91. The molecule has 0 aromatic carbocycles. The summed E-state index contributed by atoms with van der Waals surface area (Å²) in [6.07, 6.45) is 6.98. The Morgan fingerprint density at radius 2 is 2.46 bits per heavy atom. The highest BCUT2D eigenvalue weighted by Crippen LogP contribution is 2.33. The molecule has 0 spiro atoms. The highest BCUT2D eigenvalue weighted by molar-refractivity contribution is 5.10. The van der Waals surface area contributed by atoms with Crippen molar-refractivity contribution in [3.63, 3.8) is 0 Å². The first kappa shape index (κ1) is 8.82. The molecule has 0 bridgehead atoms. The number of nitrogens with one attached hydrogen (secondary N) is 1. The van der Waals surface area contributed by atoms with E-state index in [9.17, 15) is 0 Å². The lowest BCUT2D eigenvalue weighted by Crippen LogP contribution is -2.17. The van der Waals surface area contributed by atoms with Crippen molar-refractivity contribution in [1.29, 1.82) is 0 Å². The van der Waals surface area contributed by atoms with Crippen molar-refractivity contribution in [2.75, 3.05) is 0 Å². The van der Waals surface area contributed by atoms with Crippen molar-refractivity contribution >= 4 is 0 Å². The average molecular weight is 178 g/mol. The summed E-state index contributed by atoms with van der Waals surface area (Å²) in [4.78, 5) is 0. The number of nitrogens with zero attached hydrogens (tertiary/aromatic N) is 1. The minimum atomic E-state index is 0.796. The van der Waals surface area contributed by atoms with E-state index in [0.29, 0.717) is 0 Å². The van der Waals surface area contributed by atoms with E-state index < -0.39 is 0 Å². The molecule has 1 aliphatic carbocycles. The van der Waals surface area contributed by atoms with Crippen molar-refractivity contribution in [2.45, 2.75) is 32.4 Å². The molecule has 2 atom stereocenters. The summed E-state index contributed by atoms with van der Waals surface area (Å²) in [6.45, 7) is 3.30. The van der Waals surface area contributed by atoms with Crippen LogP contribution in [0.4, 0.5) is 0 Å². The first-order chi connectivity index (χ1) is 6.29. The Labute approximate surface area is 79.9 Å². The van der Waals surface area contributed by atoms with Crippen molar-refractivity contribution < 1.29 is 0 Å². The van der Waals surface area contributed by atoms with Crippen molar-refractivity contribution in [1.82, 2.24) is 9.88 Å². The van der Waals surface area contributed by atoms with Gasteiger partial charge in [0.05, 0.1) is 0 Å². The van der Waals surface area contributed by atoms with Gasteiger partial charge >= 0.3 is 0 Å². The zero-order chi connectivity index (χ0) is 9.26. The van der Waals surface area contributed by atoms with Gasteiger partial charge in [-0.1, -0.05) is 13.3 Å². The SMILES string of the molecule is CCC1CC1NCc1ccn(C)c1. The normalized spacial score (nSPS) is 26.3. The van der Waals surface area contributed by atoms with Gasteiger partial charge in [-0.2, -0.15) is 0 Å². The minimum absolute atomic E-state index is 0.796. The Kier molecular flexibility index (Phi) is 2.40. The lowest BCUT2D eigenvalue weighted by Gasteiger charge is -2.00. The monoisotopic (exact) mass is 178 g/mol. The lowest BCUT2D eigenvalue weighted by molar-refractivity contribution is 0.623. The predicted octanol–water partition coefficient (Wildman–Crippen LogP) is 1.91. The molecule has 1 heterocycles.